The molecule has 0 N–H and O–H groups in total. The van der Waals surface area contributed by atoms with Crippen LogP contribution in [0.15, 0.2) is 21.7 Å². The van der Waals surface area contributed by atoms with E-state index in [1.165, 1.54) is 4.57 Å². The summed E-state index contributed by atoms with van der Waals surface area (Å²) >= 11 is 0. The SMILES string of the molecule is Cc1cc(C)c(C(=O)Cn2c(=O)c(C#N)c3n(c2=O)CCC3)c(C)c1. The zero-order chi connectivity index (χ0) is 18.3. The maximum absolute atomic E-state index is 12.8. The first-order chi connectivity index (χ1) is 11.8. The van der Waals surface area contributed by atoms with Gasteiger partial charge in [-0.3, -0.25) is 18.7 Å². The van der Waals surface area contributed by atoms with Gasteiger partial charge in [0, 0.05) is 17.8 Å². The second-order valence-electron chi connectivity index (χ2n) is 6.56. The molecule has 1 aliphatic heterocycles. The second-order valence-corrected chi connectivity index (χ2v) is 6.56. The van der Waals surface area contributed by atoms with Crippen molar-refractivity contribution >= 4 is 5.78 Å². The van der Waals surface area contributed by atoms with Crippen LogP contribution in [0.1, 0.15) is 44.7 Å². The number of nitrogens with zero attached hydrogens (tertiary/aromatic N) is 3. The Morgan fingerprint density at radius 1 is 1.20 bits per heavy atom. The summed E-state index contributed by atoms with van der Waals surface area (Å²) in [5.41, 5.74) is 2.50. The third-order valence-electron chi connectivity index (χ3n) is 4.70. The van der Waals surface area contributed by atoms with E-state index in [0.717, 1.165) is 27.7 Å². The van der Waals surface area contributed by atoms with Crippen LogP contribution in [-0.2, 0) is 19.5 Å². The van der Waals surface area contributed by atoms with Crippen molar-refractivity contribution in [1.29, 1.82) is 5.26 Å². The van der Waals surface area contributed by atoms with E-state index in [1.54, 1.807) is 0 Å². The number of nitriles is 1. The van der Waals surface area contributed by atoms with Crippen molar-refractivity contribution in [3.05, 3.63) is 66.5 Å². The molecular weight excluding hydrogens is 318 g/mol. The van der Waals surface area contributed by atoms with Crippen molar-refractivity contribution in [1.82, 2.24) is 9.13 Å². The van der Waals surface area contributed by atoms with Crippen LogP contribution < -0.4 is 11.2 Å². The van der Waals surface area contributed by atoms with Crippen LogP contribution >= 0.6 is 0 Å². The van der Waals surface area contributed by atoms with Crippen molar-refractivity contribution in [2.45, 2.75) is 46.7 Å². The summed E-state index contributed by atoms with van der Waals surface area (Å²) in [7, 11) is 0. The highest BCUT2D eigenvalue weighted by atomic mass is 16.2. The summed E-state index contributed by atoms with van der Waals surface area (Å²) in [5.74, 6) is -0.295. The van der Waals surface area contributed by atoms with E-state index in [4.69, 9.17) is 0 Å². The average molecular weight is 337 g/mol. The van der Waals surface area contributed by atoms with Gasteiger partial charge in [-0.2, -0.15) is 5.26 Å². The standard InChI is InChI=1S/C19H19N3O3/c1-11-7-12(2)17(13(3)8-11)16(23)10-22-18(24)14(9-20)15-5-4-6-21(15)19(22)25/h7-8H,4-6,10H2,1-3H3. The fourth-order valence-corrected chi connectivity index (χ4v) is 3.73. The highest BCUT2D eigenvalue weighted by molar-refractivity contribution is 5.98. The van der Waals surface area contributed by atoms with Gasteiger partial charge in [-0.05, 0) is 44.7 Å². The number of Topliss-reactive ketones (excluding diaryl/α,β-unsaturated/α-hetero) is 1. The molecule has 0 spiro atoms. The molecule has 0 saturated heterocycles. The minimum atomic E-state index is -0.670. The van der Waals surface area contributed by atoms with Crippen LogP contribution in [-0.4, -0.2) is 14.9 Å². The van der Waals surface area contributed by atoms with E-state index in [2.05, 4.69) is 0 Å². The van der Waals surface area contributed by atoms with Crippen molar-refractivity contribution in [3.63, 3.8) is 0 Å². The van der Waals surface area contributed by atoms with Crippen molar-refractivity contribution < 1.29 is 4.79 Å². The molecule has 6 nitrogen and oxygen atoms in total. The summed E-state index contributed by atoms with van der Waals surface area (Å²) in [6, 6.07) is 5.71. The van der Waals surface area contributed by atoms with Gasteiger partial charge in [-0.1, -0.05) is 17.7 Å². The van der Waals surface area contributed by atoms with E-state index >= 15 is 0 Å². The number of ketones is 1. The van der Waals surface area contributed by atoms with Gasteiger partial charge in [0.05, 0.1) is 6.54 Å². The number of fused-ring (bicyclic) bond motifs is 1. The van der Waals surface area contributed by atoms with Crippen molar-refractivity contribution in [2.75, 3.05) is 0 Å². The smallest absolute Gasteiger partial charge is 0.296 e. The molecular formula is C19H19N3O3. The predicted octanol–water partition coefficient (Wildman–Crippen LogP) is 1.64. The Hall–Kier alpha value is -2.94. The first-order valence-corrected chi connectivity index (χ1v) is 8.22. The Kier molecular flexibility index (Phi) is 4.17. The number of aromatic nitrogens is 2. The van der Waals surface area contributed by atoms with Gasteiger partial charge in [0.1, 0.15) is 11.6 Å². The number of hydrogen-bond acceptors (Lipinski definition) is 4. The summed E-state index contributed by atoms with van der Waals surface area (Å²) < 4.78 is 2.34. The van der Waals surface area contributed by atoms with Crippen LogP contribution in [0.3, 0.4) is 0 Å². The molecule has 0 unspecified atom stereocenters. The predicted molar refractivity (Wildman–Crippen MR) is 93.0 cm³/mol. The molecule has 1 aromatic heterocycles. The van der Waals surface area contributed by atoms with Gasteiger partial charge in [0.2, 0.25) is 0 Å². The topological polar surface area (TPSA) is 84.9 Å². The average Bonchev–Trinajstić information content (AvgIpc) is 3.00. The quantitative estimate of drug-likeness (QED) is 0.797. The van der Waals surface area contributed by atoms with E-state index in [1.807, 2.05) is 39.0 Å². The molecule has 0 amide bonds. The molecule has 2 aromatic rings. The zero-order valence-corrected chi connectivity index (χ0v) is 14.5. The van der Waals surface area contributed by atoms with Gasteiger partial charge in [-0.15, -0.1) is 0 Å². The molecule has 1 aromatic carbocycles. The molecule has 1 aliphatic rings. The molecule has 3 rings (SSSR count). The zero-order valence-electron chi connectivity index (χ0n) is 14.5. The van der Waals surface area contributed by atoms with Gasteiger partial charge in [-0.25, -0.2) is 4.79 Å². The lowest BCUT2D eigenvalue weighted by atomic mass is 9.96. The Morgan fingerprint density at radius 2 is 1.84 bits per heavy atom. The lowest BCUT2D eigenvalue weighted by molar-refractivity contribution is 0.0967. The first kappa shape index (κ1) is 16.9. The molecule has 25 heavy (non-hydrogen) atoms. The van der Waals surface area contributed by atoms with E-state index in [0.29, 0.717) is 24.2 Å². The molecule has 0 bridgehead atoms. The molecule has 6 heteroatoms. The summed E-state index contributed by atoms with van der Waals surface area (Å²) in [6.45, 7) is 5.75. The molecule has 2 heterocycles. The van der Waals surface area contributed by atoms with E-state index < -0.39 is 11.2 Å². The lowest BCUT2D eigenvalue weighted by Gasteiger charge is -2.13. The Balaban J connectivity index is 2.12. The first-order valence-electron chi connectivity index (χ1n) is 8.22. The Labute approximate surface area is 145 Å². The summed E-state index contributed by atoms with van der Waals surface area (Å²) in [6.07, 6.45) is 1.26. The van der Waals surface area contributed by atoms with Gasteiger partial charge < -0.3 is 0 Å². The van der Waals surface area contributed by atoms with Crippen LogP contribution in [0.2, 0.25) is 0 Å². The van der Waals surface area contributed by atoms with Gasteiger partial charge >= 0.3 is 5.69 Å². The van der Waals surface area contributed by atoms with Crippen LogP contribution in [0.5, 0.6) is 0 Å². The molecule has 0 radical (unpaired) electrons. The number of carbonyl (C=O) groups is 1. The molecule has 128 valence electrons. The van der Waals surface area contributed by atoms with Crippen LogP contribution in [0.25, 0.3) is 0 Å². The number of rotatable bonds is 3. The Morgan fingerprint density at radius 3 is 2.44 bits per heavy atom. The van der Waals surface area contributed by atoms with Crippen LogP contribution in [0, 0.1) is 32.1 Å². The minimum absolute atomic E-state index is 0.0257. The highest BCUT2D eigenvalue weighted by Gasteiger charge is 2.24. The molecule has 0 saturated carbocycles. The Bertz CT molecular complexity index is 1030. The minimum Gasteiger partial charge on any atom is -0.296 e. The molecule has 0 atom stereocenters. The molecule has 0 aliphatic carbocycles. The molecule has 0 fully saturated rings. The van der Waals surface area contributed by atoms with E-state index in [9.17, 15) is 19.6 Å². The normalized spacial score (nSPS) is 12.7. The maximum Gasteiger partial charge on any atom is 0.331 e. The fourth-order valence-electron chi connectivity index (χ4n) is 3.73. The number of aryl methyl sites for hydroxylation is 3. The number of hydrogen-bond donors (Lipinski definition) is 0. The van der Waals surface area contributed by atoms with E-state index in [-0.39, 0.29) is 17.9 Å². The third-order valence-corrected chi connectivity index (χ3v) is 4.70. The number of benzene rings is 1. The largest absolute Gasteiger partial charge is 0.331 e. The monoisotopic (exact) mass is 337 g/mol. The fraction of sp³-hybridized carbons (Fsp3) is 0.368. The summed E-state index contributed by atoms with van der Waals surface area (Å²) in [5, 5.41) is 9.30. The van der Waals surface area contributed by atoms with Crippen molar-refractivity contribution in [2.24, 2.45) is 0 Å². The second kappa shape index (κ2) is 6.17. The van der Waals surface area contributed by atoms with Gasteiger partial charge in [0.15, 0.2) is 5.78 Å². The van der Waals surface area contributed by atoms with Gasteiger partial charge in [0.25, 0.3) is 5.56 Å². The van der Waals surface area contributed by atoms with Crippen LogP contribution in [0.4, 0.5) is 0 Å². The summed E-state index contributed by atoms with van der Waals surface area (Å²) in [4.78, 5) is 37.9. The maximum atomic E-state index is 12.8. The highest BCUT2D eigenvalue weighted by Crippen LogP contribution is 2.18. The lowest BCUT2D eigenvalue weighted by Crippen LogP contribution is -2.43. The number of carbonyl (C=O) groups excluding carboxylic acids is 1. The third kappa shape index (κ3) is 2.72. The van der Waals surface area contributed by atoms with Crippen molar-refractivity contribution in [3.8, 4) is 6.07 Å².